The van der Waals surface area contributed by atoms with E-state index in [9.17, 15) is 0 Å². The largest absolute Gasteiger partial charge is 0.297 e. The number of hydrogen-bond donors (Lipinski definition) is 0. The zero-order valence-corrected chi connectivity index (χ0v) is 8.80. The Morgan fingerprint density at radius 1 is 1.42 bits per heavy atom. The third kappa shape index (κ3) is 1.89. The van der Waals surface area contributed by atoms with Gasteiger partial charge in [-0.05, 0) is 18.3 Å². The van der Waals surface area contributed by atoms with Crippen molar-refractivity contribution in [3.8, 4) is 0 Å². The molecule has 0 aromatic rings. The van der Waals surface area contributed by atoms with Crippen molar-refractivity contribution >= 4 is 0 Å². The minimum Gasteiger partial charge on any atom is -0.297 e. The van der Waals surface area contributed by atoms with E-state index in [1.165, 1.54) is 13.1 Å². The van der Waals surface area contributed by atoms with Crippen LogP contribution in [0.3, 0.4) is 0 Å². The van der Waals surface area contributed by atoms with E-state index in [1.807, 2.05) is 6.08 Å². The average Bonchev–Trinajstić information content (AvgIpc) is 1.80. The normalized spacial score (nSPS) is 23.3. The second kappa shape index (κ2) is 3.21. The first-order chi connectivity index (χ1) is 5.45. The molecular formula is C11H21N. The van der Waals surface area contributed by atoms with Crippen LogP contribution >= 0.6 is 0 Å². The molecule has 1 atom stereocenters. The molecule has 0 N–H and O–H groups in total. The molecule has 0 aliphatic carbocycles. The van der Waals surface area contributed by atoms with Gasteiger partial charge in [-0.1, -0.05) is 26.8 Å². The molecule has 0 saturated carbocycles. The second-order valence-corrected chi connectivity index (χ2v) is 4.99. The monoisotopic (exact) mass is 167 g/mol. The molecule has 1 heterocycles. The molecule has 70 valence electrons. The van der Waals surface area contributed by atoms with Crippen molar-refractivity contribution in [3.05, 3.63) is 12.7 Å². The molecule has 0 radical (unpaired) electrons. The van der Waals surface area contributed by atoms with E-state index in [2.05, 4.69) is 39.2 Å². The maximum Gasteiger partial charge on any atom is 0.0247 e. The molecule has 1 nitrogen and oxygen atoms in total. The first-order valence-corrected chi connectivity index (χ1v) is 4.81. The van der Waals surface area contributed by atoms with Gasteiger partial charge < -0.3 is 0 Å². The standard InChI is InChI=1S/C11H21N/c1-6-9(2)12-7-10(8-12)11(3,4)5/h6,9-10H,1,7-8H2,2-5H3. The Bertz CT molecular complexity index is 160. The summed E-state index contributed by atoms with van der Waals surface area (Å²) in [6.45, 7) is 15.5. The first kappa shape index (κ1) is 9.79. The average molecular weight is 167 g/mol. The zero-order chi connectivity index (χ0) is 9.35. The van der Waals surface area contributed by atoms with Crippen LogP contribution in [-0.4, -0.2) is 24.0 Å². The van der Waals surface area contributed by atoms with Gasteiger partial charge in [-0.2, -0.15) is 0 Å². The molecule has 0 aromatic heterocycles. The summed E-state index contributed by atoms with van der Waals surface area (Å²) in [4.78, 5) is 2.48. The lowest BCUT2D eigenvalue weighted by Gasteiger charge is -2.48. The van der Waals surface area contributed by atoms with Crippen LogP contribution in [0.4, 0.5) is 0 Å². The van der Waals surface area contributed by atoms with Crippen LogP contribution in [0.15, 0.2) is 12.7 Å². The van der Waals surface area contributed by atoms with Gasteiger partial charge in [0, 0.05) is 19.1 Å². The summed E-state index contributed by atoms with van der Waals surface area (Å²) in [6, 6.07) is 0.559. The molecule has 0 amide bonds. The fourth-order valence-corrected chi connectivity index (χ4v) is 1.54. The van der Waals surface area contributed by atoms with Crippen molar-refractivity contribution in [1.82, 2.24) is 4.90 Å². The van der Waals surface area contributed by atoms with E-state index in [-0.39, 0.29) is 0 Å². The van der Waals surface area contributed by atoms with E-state index in [0.29, 0.717) is 11.5 Å². The molecule has 1 aliphatic rings. The highest BCUT2D eigenvalue weighted by molar-refractivity contribution is 4.95. The maximum absolute atomic E-state index is 3.81. The smallest absolute Gasteiger partial charge is 0.0247 e. The van der Waals surface area contributed by atoms with Gasteiger partial charge in [0.2, 0.25) is 0 Å². The summed E-state index contributed by atoms with van der Waals surface area (Å²) in [6.07, 6.45) is 2.03. The molecule has 0 spiro atoms. The molecule has 12 heavy (non-hydrogen) atoms. The molecule has 1 unspecified atom stereocenters. The summed E-state index contributed by atoms with van der Waals surface area (Å²) in [5.41, 5.74) is 0.484. The fraction of sp³-hybridized carbons (Fsp3) is 0.818. The van der Waals surface area contributed by atoms with Crippen molar-refractivity contribution in [1.29, 1.82) is 0 Å². The zero-order valence-electron chi connectivity index (χ0n) is 8.80. The number of hydrogen-bond acceptors (Lipinski definition) is 1. The van der Waals surface area contributed by atoms with Gasteiger partial charge in [-0.25, -0.2) is 0 Å². The van der Waals surface area contributed by atoms with E-state index >= 15 is 0 Å². The van der Waals surface area contributed by atoms with E-state index < -0.39 is 0 Å². The van der Waals surface area contributed by atoms with Crippen LogP contribution in [0, 0.1) is 11.3 Å². The van der Waals surface area contributed by atoms with E-state index in [4.69, 9.17) is 0 Å². The second-order valence-electron chi connectivity index (χ2n) is 4.99. The molecule has 0 aromatic carbocycles. The van der Waals surface area contributed by atoms with Gasteiger partial charge in [0.1, 0.15) is 0 Å². The predicted molar refractivity (Wildman–Crippen MR) is 54.2 cm³/mol. The summed E-state index contributed by atoms with van der Waals surface area (Å²) in [7, 11) is 0. The lowest BCUT2D eigenvalue weighted by molar-refractivity contribution is 0.0106. The minimum absolute atomic E-state index is 0.484. The quantitative estimate of drug-likeness (QED) is 0.571. The van der Waals surface area contributed by atoms with Gasteiger partial charge in [-0.15, -0.1) is 6.58 Å². The van der Waals surface area contributed by atoms with Crippen LogP contribution in [0.1, 0.15) is 27.7 Å². The van der Waals surface area contributed by atoms with Gasteiger partial charge in [0.15, 0.2) is 0 Å². The van der Waals surface area contributed by atoms with E-state index in [1.54, 1.807) is 0 Å². The lowest BCUT2D eigenvalue weighted by Crippen LogP contribution is -2.54. The highest BCUT2D eigenvalue weighted by Gasteiger charge is 2.36. The third-order valence-corrected chi connectivity index (χ3v) is 3.05. The van der Waals surface area contributed by atoms with E-state index in [0.717, 1.165) is 5.92 Å². The topological polar surface area (TPSA) is 3.24 Å². The predicted octanol–water partition coefficient (Wildman–Crippen LogP) is 2.54. The Morgan fingerprint density at radius 3 is 2.25 bits per heavy atom. The van der Waals surface area contributed by atoms with Crippen LogP contribution in [0.25, 0.3) is 0 Å². The Hall–Kier alpha value is -0.300. The molecular weight excluding hydrogens is 146 g/mol. The van der Waals surface area contributed by atoms with Crippen LogP contribution < -0.4 is 0 Å². The van der Waals surface area contributed by atoms with Crippen LogP contribution in [0.5, 0.6) is 0 Å². The van der Waals surface area contributed by atoms with Crippen LogP contribution in [-0.2, 0) is 0 Å². The van der Waals surface area contributed by atoms with Crippen molar-refractivity contribution in [2.75, 3.05) is 13.1 Å². The molecule has 1 fully saturated rings. The molecule has 1 rings (SSSR count). The summed E-state index contributed by atoms with van der Waals surface area (Å²) in [5.74, 6) is 0.875. The summed E-state index contributed by atoms with van der Waals surface area (Å²) < 4.78 is 0. The van der Waals surface area contributed by atoms with Gasteiger partial charge >= 0.3 is 0 Å². The molecule has 1 saturated heterocycles. The SMILES string of the molecule is C=CC(C)N1CC(C(C)(C)C)C1. The highest BCUT2D eigenvalue weighted by atomic mass is 15.2. The third-order valence-electron chi connectivity index (χ3n) is 3.05. The fourth-order valence-electron chi connectivity index (χ4n) is 1.54. The molecule has 1 aliphatic heterocycles. The summed E-state index contributed by atoms with van der Waals surface area (Å²) in [5, 5.41) is 0. The lowest BCUT2D eigenvalue weighted by atomic mass is 9.75. The van der Waals surface area contributed by atoms with Crippen molar-refractivity contribution < 1.29 is 0 Å². The van der Waals surface area contributed by atoms with Gasteiger partial charge in [0.05, 0.1) is 0 Å². The van der Waals surface area contributed by atoms with Crippen molar-refractivity contribution in [2.24, 2.45) is 11.3 Å². The molecule has 1 heteroatoms. The Balaban J connectivity index is 2.33. The van der Waals surface area contributed by atoms with Crippen molar-refractivity contribution in [3.63, 3.8) is 0 Å². The minimum atomic E-state index is 0.484. The van der Waals surface area contributed by atoms with Crippen LogP contribution in [0.2, 0.25) is 0 Å². The number of nitrogens with zero attached hydrogens (tertiary/aromatic N) is 1. The number of rotatable bonds is 2. The number of likely N-dealkylation sites (tertiary alicyclic amines) is 1. The first-order valence-electron chi connectivity index (χ1n) is 4.81. The summed E-state index contributed by atoms with van der Waals surface area (Å²) >= 11 is 0. The Labute approximate surface area is 76.5 Å². The van der Waals surface area contributed by atoms with Gasteiger partial charge in [0.25, 0.3) is 0 Å². The highest BCUT2D eigenvalue weighted by Crippen LogP contribution is 2.34. The van der Waals surface area contributed by atoms with Gasteiger partial charge in [-0.3, -0.25) is 4.90 Å². The Kier molecular flexibility index (Phi) is 2.62. The molecule has 0 bridgehead atoms. The maximum atomic E-state index is 3.81. The van der Waals surface area contributed by atoms with Crippen molar-refractivity contribution in [2.45, 2.75) is 33.7 Å². The Morgan fingerprint density at radius 2 is 1.92 bits per heavy atom.